The van der Waals surface area contributed by atoms with Crippen LogP contribution in [0.5, 0.6) is 0 Å². The minimum absolute atomic E-state index is 0.0223. The molecule has 6 N–H and O–H groups in total. The van der Waals surface area contributed by atoms with Crippen molar-refractivity contribution < 1.29 is 82.9 Å². The Bertz CT molecular complexity index is 1840. The van der Waals surface area contributed by atoms with Gasteiger partial charge in [0.2, 0.25) is 0 Å². The Balaban J connectivity index is 1.14. The van der Waals surface area contributed by atoms with Gasteiger partial charge in [0.1, 0.15) is 24.4 Å². The number of allylic oxidation sites excluding steroid dienone is 2. The summed E-state index contributed by atoms with van der Waals surface area (Å²) in [6, 6.07) is 0. The number of aliphatic hydroxyl groups is 5. The fourth-order valence-corrected chi connectivity index (χ4v) is 12.4. The maximum atomic E-state index is 14.0. The van der Waals surface area contributed by atoms with Crippen molar-refractivity contribution in [3.63, 3.8) is 0 Å². The first-order valence-corrected chi connectivity index (χ1v) is 26.9. The zero-order chi connectivity index (χ0) is 51.3. The van der Waals surface area contributed by atoms with Crippen LogP contribution in [0.25, 0.3) is 0 Å². The lowest BCUT2D eigenvalue weighted by molar-refractivity contribution is -0.413. The Morgan fingerprint density at radius 1 is 0.803 bits per heavy atom. The van der Waals surface area contributed by atoms with Gasteiger partial charge in [-0.2, -0.15) is 0 Å². The molecule has 0 aromatic carbocycles. The Hall–Kier alpha value is -1.78. The zero-order valence-corrected chi connectivity index (χ0v) is 43.4. The van der Waals surface area contributed by atoms with Crippen molar-refractivity contribution in [3.8, 4) is 0 Å². The molecule has 19 heteroatoms. The smallest absolute Gasteiger partial charge is 0.332 e. The first kappa shape index (κ1) is 56.9. The summed E-state index contributed by atoms with van der Waals surface area (Å²) >= 11 is 14.0. The summed E-state index contributed by atoms with van der Waals surface area (Å²) in [5.74, 6) is -6.17. The molecule has 0 amide bonds. The Morgan fingerprint density at radius 2 is 1.55 bits per heavy atom. The Kier molecular flexibility index (Phi) is 20.0. The summed E-state index contributed by atoms with van der Waals surface area (Å²) in [6.07, 6.45) is 5.13. The van der Waals surface area contributed by atoms with Gasteiger partial charge in [0, 0.05) is 64.6 Å². The maximum absolute atomic E-state index is 14.0. The second-order valence-electron chi connectivity index (χ2n) is 21.5. The van der Waals surface area contributed by atoms with Crippen LogP contribution < -0.4 is 0 Å². The number of carbonyl (C=O) groups is 2. The van der Waals surface area contributed by atoms with Gasteiger partial charge >= 0.3 is 11.9 Å². The van der Waals surface area contributed by atoms with Crippen molar-refractivity contribution >= 4 is 35.1 Å². The third-order valence-corrected chi connectivity index (χ3v) is 17.2. The molecule has 7 aliphatic heterocycles. The van der Waals surface area contributed by atoms with Crippen molar-refractivity contribution in [2.75, 3.05) is 14.2 Å². The number of aliphatic hydroxyl groups excluding tert-OH is 5. The van der Waals surface area contributed by atoms with Crippen molar-refractivity contribution in [1.82, 2.24) is 0 Å². The maximum Gasteiger partial charge on any atom is 0.332 e. The number of fused-ring (bicyclic) bond motifs is 6. The fourth-order valence-electron chi connectivity index (χ4n) is 11.7. The van der Waals surface area contributed by atoms with E-state index in [1.807, 2.05) is 45.1 Å². The first-order valence-electron chi connectivity index (χ1n) is 26.0. The molecule has 0 aromatic heterocycles. The molecule has 0 saturated carbocycles. The average molecular weight is 1050 g/mol. The molecule has 9 bridgehead atoms. The van der Waals surface area contributed by atoms with E-state index < -0.39 is 131 Å². The number of hydrogen-bond donors (Lipinski definition) is 6. The van der Waals surface area contributed by atoms with E-state index in [1.165, 1.54) is 0 Å². The molecule has 0 aliphatic carbocycles. The van der Waals surface area contributed by atoms with Gasteiger partial charge in [0.05, 0.1) is 72.1 Å². The molecule has 0 aromatic rings. The molecule has 7 heterocycles. The molecule has 7 rings (SSSR count). The van der Waals surface area contributed by atoms with Crippen molar-refractivity contribution in [2.45, 2.75) is 243 Å². The lowest BCUT2D eigenvalue weighted by Crippen LogP contribution is -2.61. The van der Waals surface area contributed by atoms with Gasteiger partial charge in [-0.05, 0) is 76.2 Å². The highest BCUT2D eigenvalue weighted by Crippen LogP contribution is 2.53. The number of halogens is 2. The van der Waals surface area contributed by atoms with Gasteiger partial charge < -0.3 is 73.3 Å². The van der Waals surface area contributed by atoms with Crippen molar-refractivity contribution in [1.29, 1.82) is 0 Å². The molecular formula is C52H80Cl2O17. The second-order valence-corrected chi connectivity index (χ2v) is 22.5. The average Bonchev–Trinajstić information content (AvgIpc) is 3.67. The minimum Gasteiger partial charge on any atom is -0.479 e. The molecule has 3 spiro atoms. The van der Waals surface area contributed by atoms with E-state index in [4.69, 9.17) is 70.9 Å². The second kappa shape index (κ2) is 24.9. The molecular weight excluding hydrogens is 967 g/mol. The number of rotatable bonds is 9. The highest BCUT2D eigenvalue weighted by atomic mass is 35.5. The monoisotopic (exact) mass is 1050 g/mol. The van der Waals surface area contributed by atoms with Crippen LogP contribution in [0.4, 0.5) is 0 Å². The third-order valence-electron chi connectivity index (χ3n) is 16.1. The SMILES string of the molecule is COC1CC23CCC(C)C4(CC(OC(=O)CC5OC(CCC5Cl)CC(O)CC(O)CC5OC6(C=CC5C)CCC(OC)C(O6)C(O)C(O)C(C)CCC(O2)C1Cl)C(CC=CCC=CCC(O)C(=O)O)O4)O3. The number of hydrogen-bond acceptors (Lipinski definition) is 16. The summed E-state index contributed by atoms with van der Waals surface area (Å²) in [5, 5.41) is 63.9. The summed E-state index contributed by atoms with van der Waals surface area (Å²) in [4.78, 5) is 25.0. The minimum atomic E-state index is -1.48. The summed E-state index contributed by atoms with van der Waals surface area (Å²) < 4.78 is 58.8. The number of methoxy groups -OCH3 is 2. The lowest BCUT2D eigenvalue weighted by Gasteiger charge is -2.54. The summed E-state index contributed by atoms with van der Waals surface area (Å²) in [7, 11) is 3.15. The normalized spacial score (nSPS) is 46.8. The molecule has 404 valence electrons. The molecule has 22 atom stereocenters. The fraction of sp³-hybridized carbons (Fsp3) is 0.846. The molecule has 22 unspecified atom stereocenters. The van der Waals surface area contributed by atoms with Crippen LogP contribution in [-0.2, 0) is 52.2 Å². The van der Waals surface area contributed by atoms with E-state index in [1.54, 1.807) is 26.4 Å². The van der Waals surface area contributed by atoms with E-state index in [0.29, 0.717) is 70.6 Å². The first-order chi connectivity index (χ1) is 33.8. The van der Waals surface area contributed by atoms with Crippen molar-refractivity contribution in [2.24, 2.45) is 17.8 Å². The van der Waals surface area contributed by atoms with Gasteiger partial charge in [-0.3, -0.25) is 4.79 Å². The summed E-state index contributed by atoms with van der Waals surface area (Å²) in [6.45, 7) is 5.88. The highest BCUT2D eigenvalue weighted by Gasteiger charge is 2.61. The number of carboxylic acid groups (broad SMARTS) is 1. The van der Waals surface area contributed by atoms with Crippen LogP contribution in [0.3, 0.4) is 0 Å². The quantitative estimate of drug-likeness (QED) is 0.0918. The van der Waals surface area contributed by atoms with Gasteiger partial charge in [-0.25, -0.2) is 4.79 Å². The molecule has 17 nitrogen and oxygen atoms in total. The highest BCUT2D eigenvalue weighted by molar-refractivity contribution is 6.21. The van der Waals surface area contributed by atoms with Crippen LogP contribution in [-0.4, -0.2) is 170 Å². The van der Waals surface area contributed by atoms with Crippen LogP contribution >= 0.6 is 23.2 Å². The number of aliphatic carboxylic acids is 1. The van der Waals surface area contributed by atoms with E-state index >= 15 is 0 Å². The van der Waals surface area contributed by atoms with Crippen molar-refractivity contribution in [3.05, 3.63) is 36.5 Å². The molecule has 71 heavy (non-hydrogen) atoms. The number of esters is 1. The van der Waals surface area contributed by atoms with Crippen LogP contribution in [0, 0.1) is 17.8 Å². The van der Waals surface area contributed by atoms with E-state index in [9.17, 15) is 35.1 Å². The molecule has 6 fully saturated rings. The number of carboxylic acids is 1. The number of alkyl halides is 2. The van der Waals surface area contributed by atoms with E-state index in [-0.39, 0.29) is 50.4 Å². The molecule has 0 radical (unpaired) electrons. The topological polar surface area (TPSA) is 239 Å². The zero-order valence-electron chi connectivity index (χ0n) is 41.9. The number of ether oxygens (including phenoxy) is 9. The molecule has 6 saturated heterocycles. The predicted octanol–water partition coefficient (Wildman–Crippen LogP) is 5.74. The van der Waals surface area contributed by atoms with Gasteiger partial charge in [-0.1, -0.05) is 51.2 Å². The van der Waals surface area contributed by atoms with Crippen LogP contribution in [0.2, 0.25) is 0 Å². The Labute approximate surface area is 428 Å². The molecule has 7 aliphatic rings. The van der Waals surface area contributed by atoms with E-state index in [0.717, 1.165) is 0 Å². The number of carbonyl (C=O) groups excluding carboxylic acids is 1. The Morgan fingerprint density at radius 3 is 2.30 bits per heavy atom. The third kappa shape index (κ3) is 14.0. The largest absolute Gasteiger partial charge is 0.479 e. The lowest BCUT2D eigenvalue weighted by atomic mass is 9.82. The van der Waals surface area contributed by atoms with Crippen LogP contribution in [0.15, 0.2) is 36.5 Å². The summed E-state index contributed by atoms with van der Waals surface area (Å²) in [5.41, 5.74) is 0. The van der Waals surface area contributed by atoms with Crippen LogP contribution in [0.1, 0.15) is 130 Å². The van der Waals surface area contributed by atoms with E-state index in [2.05, 4.69) is 0 Å². The predicted molar refractivity (Wildman–Crippen MR) is 259 cm³/mol. The standard InChI is InChI=1S/C52H80Cl2O17/c1-29-17-20-50-22-19-39(63-4)48(70-50)47(60)46(59)30(2)13-16-38-45(54)43(64-5)27-51(67-38)21-18-31(3)52(71-51)28-42(37(69-52)12-10-8-6-7-9-11-36(57)49(61)62)66-44(58)26-41-35(53)15-14-34(65-41)24-32(55)23-33(56)25-40(29)68-50/h7-10,17,20,29-43,45-48,55-57,59-60H,6,11-16,18-19,21-28H2,1-5H3,(H,61,62). The van der Waals surface area contributed by atoms with Gasteiger partial charge in [0.25, 0.3) is 0 Å². The van der Waals surface area contributed by atoms with Gasteiger partial charge in [-0.15, -0.1) is 23.2 Å². The van der Waals surface area contributed by atoms with Gasteiger partial charge in [0.15, 0.2) is 23.5 Å².